The zero-order valence-corrected chi connectivity index (χ0v) is 8.32. The smallest absolute Gasteiger partial charge is 0.133 e. The molecule has 0 aliphatic heterocycles. The van der Waals surface area contributed by atoms with Crippen LogP contribution in [0.1, 0.15) is 18.7 Å². The van der Waals surface area contributed by atoms with Crippen LogP contribution in [0.2, 0.25) is 5.02 Å². The molecule has 5 heteroatoms. The maximum atomic E-state index is 13.6. The Morgan fingerprint density at radius 3 is 2.86 bits per heavy atom. The lowest BCUT2D eigenvalue weighted by Crippen LogP contribution is -2.07. The van der Waals surface area contributed by atoms with Gasteiger partial charge in [0.2, 0.25) is 0 Å². The number of nitrogens with zero attached hydrogens (tertiary/aromatic N) is 3. The molecular formula is C9H9ClFN3. The van der Waals surface area contributed by atoms with Crippen molar-refractivity contribution in [3.63, 3.8) is 0 Å². The van der Waals surface area contributed by atoms with Crippen molar-refractivity contribution in [1.29, 1.82) is 0 Å². The molecule has 0 radical (unpaired) electrons. The highest BCUT2D eigenvalue weighted by Crippen LogP contribution is 2.25. The Labute approximate surface area is 86.1 Å². The van der Waals surface area contributed by atoms with Crippen molar-refractivity contribution in [3.8, 4) is 0 Å². The number of azide groups is 1. The molecule has 0 amide bonds. The molecule has 74 valence electrons. The van der Waals surface area contributed by atoms with Crippen molar-refractivity contribution in [2.75, 3.05) is 0 Å². The summed E-state index contributed by atoms with van der Waals surface area (Å²) in [7, 11) is 0. The first-order chi connectivity index (χ1) is 6.65. The van der Waals surface area contributed by atoms with Crippen LogP contribution in [0.3, 0.4) is 0 Å². The summed E-state index contributed by atoms with van der Waals surface area (Å²) in [4.78, 5) is 2.56. The van der Waals surface area contributed by atoms with Gasteiger partial charge >= 0.3 is 0 Å². The predicted octanol–water partition coefficient (Wildman–Crippen LogP) is 4.05. The van der Waals surface area contributed by atoms with Gasteiger partial charge < -0.3 is 0 Å². The number of halogens is 2. The first-order valence-electron chi connectivity index (χ1n) is 4.09. The van der Waals surface area contributed by atoms with Crippen molar-refractivity contribution >= 4 is 11.6 Å². The summed E-state index contributed by atoms with van der Waals surface area (Å²) in [5.74, 6) is 0. The minimum atomic E-state index is -1.32. The Hall–Kier alpha value is -1.25. The van der Waals surface area contributed by atoms with Gasteiger partial charge in [0.1, 0.15) is 6.17 Å². The molecule has 0 aromatic heterocycles. The monoisotopic (exact) mass is 213 g/mol. The van der Waals surface area contributed by atoms with Crippen LogP contribution in [0.15, 0.2) is 29.4 Å². The molecule has 0 fully saturated rings. The zero-order valence-electron chi connectivity index (χ0n) is 7.56. The van der Waals surface area contributed by atoms with Crippen molar-refractivity contribution in [2.45, 2.75) is 19.1 Å². The maximum Gasteiger partial charge on any atom is 0.133 e. The first-order valence-corrected chi connectivity index (χ1v) is 4.46. The minimum absolute atomic E-state index is 0.428. The SMILES string of the molecule is CC(N=[N+]=[N-])C(F)c1cccc(Cl)c1. The molecular weight excluding hydrogens is 205 g/mol. The summed E-state index contributed by atoms with van der Waals surface area (Å²) in [5, 5.41) is 3.76. The Balaban J connectivity index is 2.88. The largest absolute Gasteiger partial charge is 0.242 e. The van der Waals surface area contributed by atoms with Crippen LogP contribution in [0, 0.1) is 0 Å². The lowest BCUT2D eigenvalue weighted by Gasteiger charge is -2.11. The summed E-state index contributed by atoms with van der Waals surface area (Å²) < 4.78 is 13.6. The summed E-state index contributed by atoms with van der Waals surface area (Å²) in [6.45, 7) is 1.52. The summed E-state index contributed by atoms with van der Waals surface area (Å²) >= 11 is 5.70. The van der Waals surface area contributed by atoms with Gasteiger partial charge in [0, 0.05) is 9.93 Å². The topological polar surface area (TPSA) is 48.8 Å². The Bertz CT molecular complexity index is 363. The van der Waals surface area contributed by atoms with E-state index in [0.29, 0.717) is 10.6 Å². The van der Waals surface area contributed by atoms with Gasteiger partial charge in [0.15, 0.2) is 0 Å². The number of hydrogen-bond donors (Lipinski definition) is 0. The van der Waals surface area contributed by atoms with Crippen LogP contribution in [-0.4, -0.2) is 6.04 Å². The highest BCUT2D eigenvalue weighted by molar-refractivity contribution is 6.30. The fourth-order valence-electron chi connectivity index (χ4n) is 1.10. The molecule has 14 heavy (non-hydrogen) atoms. The summed E-state index contributed by atoms with van der Waals surface area (Å²) in [6.07, 6.45) is -1.32. The second-order valence-corrected chi connectivity index (χ2v) is 3.34. The van der Waals surface area contributed by atoms with E-state index < -0.39 is 12.2 Å². The van der Waals surface area contributed by atoms with E-state index >= 15 is 0 Å². The van der Waals surface area contributed by atoms with E-state index in [-0.39, 0.29) is 0 Å². The molecule has 1 aromatic rings. The molecule has 1 rings (SSSR count). The number of alkyl halides is 1. The zero-order chi connectivity index (χ0) is 10.6. The van der Waals surface area contributed by atoms with Crippen molar-refractivity contribution in [1.82, 2.24) is 0 Å². The molecule has 0 saturated carbocycles. The summed E-state index contributed by atoms with van der Waals surface area (Å²) in [6, 6.07) is 5.73. The quantitative estimate of drug-likeness (QED) is 0.413. The fourth-order valence-corrected chi connectivity index (χ4v) is 1.30. The van der Waals surface area contributed by atoms with Crippen LogP contribution >= 0.6 is 11.6 Å². The fraction of sp³-hybridized carbons (Fsp3) is 0.333. The van der Waals surface area contributed by atoms with Crippen LogP contribution in [0.4, 0.5) is 4.39 Å². The molecule has 2 unspecified atom stereocenters. The standard InChI is InChI=1S/C9H9ClFN3/c1-6(13-14-12)9(11)7-3-2-4-8(10)5-7/h2-6,9H,1H3. The average Bonchev–Trinajstić information content (AvgIpc) is 2.17. The molecule has 3 nitrogen and oxygen atoms in total. The highest BCUT2D eigenvalue weighted by Gasteiger charge is 2.16. The van der Waals surface area contributed by atoms with Gasteiger partial charge in [0.05, 0.1) is 6.04 Å². The Kier molecular flexibility index (Phi) is 3.74. The molecule has 1 aromatic carbocycles. The van der Waals surface area contributed by atoms with E-state index in [1.807, 2.05) is 0 Å². The van der Waals surface area contributed by atoms with Crippen molar-refractivity contribution in [3.05, 3.63) is 45.3 Å². The molecule has 0 bridgehead atoms. The first kappa shape index (κ1) is 10.8. The Morgan fingerprint density at radius 2 is 2.29 bits per heavy atom. The van der Waals surface area contributed by atoms with Gasteiger partial charge in [-0.25, -0.2) is 4.39 Å². The molecule has 0 aliphatic rings. The molecule has 0 aliphatic carbocycles. The van der Waals surface area contributed by atoms with Crippen molar-refractivity contribution in [2.24, 2.45) is 5.11 Å². The van der Waals surface area contributed by atoms with Gasteiger partial charge in [0.25, 0.3) is 0 Å². The van der Waals surface area contributed by atoms with E-state index in [0.717, 1.165) is 0 Å². The minimum Gasteiger partial charge on any atom is -0.242 e. The van der Waals surface area contributed by atoms with E-state index in [9.17, 15) is 4.39 Å². The second-order valence-electron chi connectivity index (χ2n) is 2.90. The molecule has 0 spiro atoms. The van der Waals surface area contributed by atoms with Gasteiger partial charge in [-0.1, -0.05) is 35.8 Å². The third-order valence-corrected chi connectivity index (χ3v) is 2.06. The lowest BCUT2D eigenvalue weighted by molar-refractivity contribution is 0.300. The number of benzene rings is 1. The van der Waals surface area contributed by atoms with Crippen LogP contribution in [0.5, 0.6) is 0 Å². The third-order valence-electron chi connectivity index (χ3n) is 1.82. The number of rotatable bonds is 3. The average molecular weight is 214 g/mol. The van der Waals surface area contributed by atoms with Gasteiger partial charge in [-0.15, -0.1) is 0 Å². The molecule has 2 atom stereocenters. The molecule has 0 heterocycles. The van der Waals surface area contributed by atoms with Crippen LogP contribution in [-0.2, 0) is 0 Å². The van der Waals surface area contributed by atoms with Gasteiger partial charge in [-0.2, -0.15) is 0 Å². The Morgan fingerprint density at radius 1 is 1.57 bits per heavy atom. The normalized spacial score (nSPS) is 14.2. The van der Waals surface area contributed by atoms with Gasteiger partial charge in [-0.05, 0) is 23.2 Å². The van der Waals surface area contributed by atoms with E-state index in [1.165, 1.54) is 13.0 Å². The lowest BCUT2D eigenvalue weighted by atomic mass is 10.1. The van der Waals surface area contributed by atoms with Gasteiger partial charge in [-0.3, -0.25) is 0 Å². The third kappa shape index (κ3) is 2.62. The van der Waals surface area contributed by atoms with E-state index in [4.69, 9.17) is 17.1 Å². The van der Waals surface area contributed by atoms with E-state index in [2.05, 4.69) is 10.0 Å². The maximum absolute atomic E-state index is 13.6. The number of hydrogen-bond acceptors (Lipinski definition) is 1. The molecule has 0 saturated heterocycles. The van der Waals surface area contributed by atoms with E-state index in [1.54, 1.807) is 18.2 Å². The van der Waals surface area contributed by atoms with Crippen LogP contribution < -0.4 is 0 Å². The van der Waals surface area contributed by atoms with Crippen LogP contribution in [0.25, 0.3) is 10.4 Å². The highest BCUT2D eigenvalue weighted by atomic mass is 35.5. The summed E-state index contributed by atoms with van der Waals surface area (Å²) in [5.41, 5.74) is 8.58. The predicted molar refractivity (Wildman–Crippen MR) is 53.9 cm³/mol. The molecule has 0 N–H and O–H groups in total. The second kappa shape index (κ2) is 4.84. The van der Waals surface area contributed by atoms with Crippen molar-refractivity contribution < 1.29 is 4.39 Å².